The Kier molecular flexibility index (Phi) is 9.66. The topological polar surface area (TPSA) is 103 Å². The molecule has 1 aromatic rings. The number of benzene rings is 1. The van der Waals surface area contributed by atoms with Crippen LogP contribution in [0.1, 0.15) is 0 Å². The van der Waals surface area contributed by atoms with Gasteiger partial charge >= 0.3 is 26.1 Å². The first-order valence-electron chi connectivity index (χ1n) is 8.46. The van der Waals surface area contributed by atoms with Crippen molar-refractivity contribution in [3.8, 4) is 5.75 Å². The molecule has 0 fully saturated rings. The second kappa shape index (κ2) is 11.2. The van der Waals surface area contributed by atoms with Gasteiger partial charge in [-0.25, -0.2) is 0 Å². The van der Waals surface area contributed by atoms with Crippen LogP contribution in [-0.2, 0) is 23.1 Å². The number of hydrogen-bond donors (Lipinski definition) is 2. The van der Waals surface area contributed by atoms with Crippen molar-refractivity contribution in [3.05, 3.63) is 35.5 Å². The Morgan fingerprint density at radius 3 is 1.71 bits per heavy atom. The summed E-state index contributed by atoms with van der Waals surface area (Å²) in [4.78, 5) is 12.5. The number of carbonyl (C=O) groups is 1. The minimum atomic E-state index is -6.11. The smallest absolute Gasteiger partial charge is 0.422 e. The summed E-state index contributed by atoms with van der Waals surface area (Å²) >= 11 is 0. The van der Waals surface area contributed by atoms with Gasteiger partial charge in [-0.15, -0.1) is 0 Å². The molecule has 0 saturated heterocycles. The molecule has 194 valence electrons. The van der Waals surface area contributed by atoms with Crippen LogP contribution in [0.25, 0.3) is 0 Å². The number of anilines is 1. The van der Waals surface area contributed by atoms with Crippen molar-refractivity contribution in [1.29, 1.82) is 0 Å². The van der Waals surface area contributed by atoms with E-state index in [-0.39, 0.29) is 11.4 Å². The highest BCUT2D eigenvalue weighted by Gasteiger charge is 2.46. The van der Waals surface area contributed by atoms with Crippen LogP contribution in [-0.4, -0.2) is 56.5 Å². The summed E-state index contributed by atoms with van der Waals surface area (Å²) in [7, 11) is -4.85. The standard InChI is InChI=1S/C16H15F9NO7P/c1-30-10-4-2-9(3-5-10)26-12(27)11(13(28)31-6-14(17,18)19)34(29,32-7-15(20,21)22)33-8-16(23,24)25/h2-5,28H,6-8H2,1H3,(H,26,27)/b13-11-. The van der Waals surface area contributed by atoms with Gasteiger partial charge in [0.15, 0.2) is 19.8 Å². The fraction of sp³-hybridized carbons (Fsp3) is 0.438. The van der Waals surface area contributed by atoms with Crippen LogP contribution < -0.4 is 10.1 Å². The average molecular weight is 535 g/mol. The largest absolute Gasteiger partial charge is 0.497 e. The van der Waals surface area contributed by atoms with E-state index in [1.165, 1.54) is 19.2 Å². The Balaban J connectivity index is 3.47. The molecule has 34 heavy (non-hydrogen) atoms. The number of methoxy groups -OCH3 is 1. The molecule has 0 saturated carbocycles. The molecule has 0 aliphatic rings. The Morgan fingerprint density at radius 2 is 1.32 bits per heavy atom. The Labute approximate surface area is 184 Å². The van der Waals surface area contributed by atoms with Crippen molar-refractivity contribution in [3.63, 3.8) is 0 Å². The van der Waals surface area contributed by atoms with Crippen molar-refractivity contribution in [2.75, 3.05) is 32.2 Å². The number of hydrogen-bond acceptors (Lipinski definition) is 7. The molecular formula is C16H15F9NO7P. The van der Waals surface area contributed by atoms with Gasteiger partial charge in [0.25, 0.3) is 11.9 Å². The summed E-state index contributed by atoms with van der Waals surface area (Å²) in [5.74, 6) is -3.95. The van der Waals surface area contributed by atoms with E-state index in [1.54, 1.807) is 5.32 Å². The predicted octanol–water partition coefficient (Wildman–Crippen LogP) is 5.29. The molecule has 8 nitrogen and oxygen atoms in total. The lowest BCUT2D eigenvalue weighted by molar-refractivity contribution is -0.173. The third-order valence-corrected chi connectivity index (χ3v) is 5.09. The Morgan fingerprint density at radius 1 is 0.882 bits per heavy atom. The zero-order chi connectivity index (χ0) is 26.4. The molecule has 0 bridgehead atoms. The number of amides is 1. The molecule has 0 atom stereocenters. The first-order valence-corrected chi connectivity index (χ1v) is 10.0. The molecule has 1 rings (SSSR count). The number of halogens is 9. The molecule has 0 radical (unpaired) electrons. The van der Waals surface area contributed by atoms with Crippen molar-refractivity contribution in [1.82, 2.24) is 0 Å². The highest BCUT2D eigenvalue weighted by Crippen LogP contribution is 2.58. The van der Waals surface area contributed by atoms with E-state index in [4.69, 9.17) is 4.74 Å². The minimum Gasteiger partial charge on any atom is -0.497 e. The molecule has 1 amide bonds. The summed E-state index contributed by atoms with van der Waals surface area (Å²) in [5, 5.41) is 9.51. The highest BCUT2D eigenvalue weighted by molar-refractivity contribution is 7.60. The molecule has 0 heterocycles. The monoisotopic (exact) mass is 535 g/mol. The first-order chi connectivity index (χ1) is 15.4. The van der Waals surface area contributed by atoms with E-state index in [2.05, 4.69) is 13.8 Å². The zero-order valence-electron chi connectivity index (χ0n) is 16.7. The van der Waals surface area contributed by atoms with Gasteiger partial charge in [0.1, 0.15) is 5.75 Å². The molecule has 18 heteroatoms. The van der Waals surface area contributed by atoms with Crippen LogP contribution in [0.15, 0.2) is 35.5 Å². The molecular weight excluding hydrogens is 520 g/mol. The lowest BCUT2D eigenvalue weighted by atomic mass is 10.3. The van der Waals surface area contributed by atoms with Crippen molar-refractivity contribution < 1.29 is 72.5 Å². The van der Waals surface area contributed by atoms with Crippen molar-refractivity contribution in [2.24, 2.45) is 0 Å². The summed E-state index contributed by atoms with van der Waals surface area (Å²) in [6, 6.07) is 4.61. The number of aliphatic hydroxyl groups excluding tert-OH is 1. The van der Waals surface area contributed by atoms with Gasteiger partial charge in [0, 0.05) is 5.69 Å². The molecule has 0 aromatic heterocycles. The summed E-state index contributed by atoms with van der Waals surface area (Å²) < 4.78 is 142. The average Bonchev–Trinajstić information content (AvgIpc) is 2.68. The van der Waals surface area contributed by atoms with Gasteiger partial charge in [-0.05, 0) is 24.3 Å². The van der Waals surface area contributed by atoms with Crippen LogP contribution in [0.5, 0.6) is 5.75 Å². The molecule has 0 aliphatic carbocycles. The number of aliphatic hydroxyl groups is 1. The Bertz CT molecular complexity index is 889. The first kappa shape index (κ1) is 29.4. The maximum Gasteiger partial charge on any atom is 0.422 e. The van der Waals surface area contributed by atoms with Crippen LogP contribution in [0, 0.1) is 0 Å². The summed E-state index contributed by atoms with van der Waals surface area (Å²) in [6.45, 7) is -7.49. The fourth-order valence-corrected chi connectivity index (χ4v) is 3.47. The van der Waals surface area contributed by atoms with E-state index in [1.807, 2.05) is 0 Å². The molecule has 1 aromatic carbocycles. The maximum absolute atomic E-state index is 12.8. The molecule has 2 N–H and O–H groups in total. The third kappa shape index (κ3) is 10.5. The molecule has 0 unspecified atom stereocenters. The number of nitrogens with one attached hydrogen (secondary N) is 1. The number of carbonyl (C=O) groups excluding carboxylic acids is 1. The van der Waals surface area contributed by atoms with Crippen LogP contribution in [0.2, 0.25) is 0 Å². The van der Waals surface area contributed by atoms with Gasteiger partial charge in [-0.2, -0.15) is 39.5 Å². The molecule has 0 spiro atoms. The summed E-state index contributed by atoms with van der Waals surface area (Å²) in [5.41, 5.74) is -0.259. The van der Waals surface area contributed by atoms with Gasteiger partial charge in [0.2, 0.25) is 5.31 Å². The summed E-state index contributed by atoms with van der Waals surface area (Å²) in [6.07, 6.45) is -15.9. The van der Waals surface area contributed by atoms with Crippen LogP contribution in [0.4, 0.5) is 45.2 Å². The second-order valence-electron chi connectivity index (χ2n) is 6.01. The van der Waals surface area contributed by atoms with E-state index in [0.29, 0.717) is 0 Å². The van der Waals surface area contributed by atoms with Gasteiger partial charge < -0.3 is 19.9 Å². The maximum atomic E-state index is 12.8. The van der Waals surface area contributed by atoms with Gasteiger partial charge in [-0.3, -0.25) is 18.4 Å². The quantitative estimate of drug-likeness (QED) is 0.182. The van der Waals surface area contributed by atoms with Gasteiger partial charge in [0.05, 0.1) is 7.11 Å². The second-order valence-corrected chi connectivity index (χ2v) is 7.97. The van der Waals surface area contributed by atoms with Gasteiger partial charge in [-0.1, -0.05) is 0 Å². The predicted molar refractivity (Wildman–Crippen MR) is 94.9 cm³/mol. The third-order valence-electron chi connectivity index (χ3n) is 3.21. The number of alkyl halides is 9. The SMILES string of the molecule is COc1ccc(NC(=O)/C(=C(\O)OCC(F)(F)F)P(=O)(OCC(F)(F)F)OCC(F)(F)F)cc1. The van der Waals surface area contributed by atoms with Crippen molar-refractivity contribution in [2.45, 2.75) is 18.5 Å². The van der Waals surface area contributed by atoms with Crippen LogP contribution >= 0.6 is 7.60 Å². The fourth-order valence-electron chi connectivity index (χ4n) is 1.90. The minimum absolute atomic E-state index is 0.234. The number of ether oxygens (including phenoxy) is 2. The van der Waals surface area contributed by atoms with E-state index in [0.717, 1.165) is 12.1 Å². The highest BCUT2D eigenvalue weighted by atomic mass is 31.2. The van der Waals surface area contributed by atoms with E-state index >= 15 is 0 Å². The zero-order valence-corrected chi connectivity index (χ0v) is 17.6. The van der Waals surface area contributed by atoms with E-state index < -0.39 is 63.1 Å². The lowest BCUT2D eigenvalue weighted by Gasteiger charge is -2.23. The van der Waals surface area contributed by atoms with E-state index in [9.17, 15) is 54.0 Å². The normalized spacial score (nSPS) is 13.8. The van der Waals surface area contributed by atoms with Crippen molar-refractivity contribution >= 4 is 19.2 Å². The Hall–Kier alpha value is -2.65. The lowest BCUT2D eigenvalue weighted by Crippen LogP contribution is -2.25. The van der Waals surface area contributed by atoms with Crippen LogP contribution in [0.3, 0.4) is 0 Å². The molecule has 0 aliphatic heterocycles. The number of rotatable bonds is 10.